The Bertz CT molecular complexity index is 413. The molecular formula is C16H23N3. The monoisotopic (exact) mass is 257 g/mol. The predicted molar refractivity (Wildman–Crippen MR) is 77.6 cm³/mol. The van der Waals surface area contributed by atoms with Crippen molar-refractivity contribution in [3.8, 4) is 6.07 Å². The van der Waals surface area contributed by atoms with Gasteiger partial charge in [-0.1, -0.05) is 37.3 Å². The quantitative estimate of drug-likeness (QED) is 0.881. The van der Waals surface area contributed by atoms with E-state index in [0.717, 1.165) is 39.0 Å². The summed E-state index contributed by atoms with van der Waals surface area (Å²) in [7, 11) is 0. The molecule has 1 N–H and O–H groups in total. The van der Waals surface area contributed by atoms with Crippen molar-refractivity contribution in [3.05, 3.63) is 35.9 Å². The number of hydrogen-bond acceptors (Lipinski definition) is 3. The Morgan fingerprint density at radius 2 is 1.95 bits per heavy atom. The second kappa shape index (κ2) is 6.70. The number of benzene rings is 1. The third kappa shape index (κ3) is 3.79. The van der Waals surface area contributed by atoms with Crippen LogP contribution in [0.15, 0.2) is 30.3 Å². The summed E-state index contributed by atoms with van der Waals surface area (Å²) in [5, 5.41) is 13.0. The number of likely N-dealkylation sites (tertiary alicyclic amines) is 1. The maximum Gasteiger partial charge on any atom is 0.109 e. The molecule has 1 aliphatic rings. The van der Waals surface area contributed by atoms with E-state index in [2.05, 4.69) is 35.3 Å². The van der Waals surface area contributed by atoms with Gasteiger partial charge in [-0.2, -0.15) is 5.26 Å². The average molecular weight is 257 g/mol. The second-order valence-corrected chi connectivity index (χ2v) is 5.37. The van der Waals surface area contributed by atoms with Crippen molar-refractivity contribution in [2.24, 2.45) is 0 Å². The normalized spacial score (nSPS) is 18.9. The summed E-state index contributed by atoms with van der Waals surface area (Å²) in [6.45, 7) is 6.20. The SMILES string of the molecule is CCCN1CCC(C#N)(NCc2ccccc2)CC1. The predicted octanol–water partition coefficient (Wildman–Crippen LogP) is 2.54. The fourth-order valence-corrected chi connectivity index (χ4v) is 2.67. The van der Waals surface area contributed by atoms with E-state index in [0.29, 0.717) is 0 Å². The largest absolute Gasteiger partial charge is 0.303 e. The number of hydrogen-bond donors (Lipinski definition) is 1. The Morgan fingerprint density at radius 3 is 2.53 bits per heavy atom. The van der Waals surface area contributed by atoms with Gasteiger partial charge in [-0.25, -0.2) is 0 Å². The Balaban J connectivity index is 1.88. The minimum absolute atomic E-state index is 0.333. The Morgan fingerprint density at radius 1 is 1.26 bits per heavy atom. The van der Waals surface area contributed by atoms with Gasteiger partial charge in [0.15, 0.2) is 0 Å². The minimum atomic E-state index is -0.333. The molecule has 0 radical (unpaired) electrons. The molecule has 0 spiro atoms. The van der Waals surface area contributed by atoms with Gasteiger partial charge >= 0.3 is 0 Å². The molecule has 1 heterocycles. The van der Waals surface area contributed by atoms with Crippen LogP contribution >= 0.6 is 0 Å². The first-order chi connectivity index (χ1) is 9.28. The fraction of sp³-hybridized carbons (Fsp3) is 0.562. The lowest BCUT2D eigenvalue weighted by atomic mass is 9.88. The van der Waals surface area contributed by atoms with Crippen molar-refractivity contribution in [1.29, 1.82) is 5.26 Å². The molecular weight excluding hydrogens is 234 g/mol. The van der Waals surface area contributed by atoms with Crippen molar-refractivity contribution in [3.63, 3.8) is 0 Å². The van der Waals surface area contributed by atoms with Crippen molar-refractivity contribution in [1.82, 2.24) is 10.2 Å². The number of nitriles is 1. The lowest BCUT2D eigenvalue weighted by molar-refractivity contribution is 0.166. The average Bonchev–Trinajstić information content (AvgIpc) is 2.48. The van der Waals surface area contributed by atoms with Crippen LogP contribution in [0.2, 0.25) is 0 Å². The van der Waals surface area contributed by atoms with Crippen LogP contribution in [0.4, 0.5) is 0 Å². The van der Waals surface area contributed by atoms with Gasteiger partial charge in [-0.3, -0.25) is 5.32 Å². The van der Waals surface area contributed by atoms with Crippen molar-refractivity contribution in [2.45, 2.75) is 38.3 Å². The van der Waals surface area contributed by atoms with Crippen LogP contribution in [0, 0.1) is 11.3 Å². The molecule has 0 bridgehead atoms. The van der Waals surface area contributed by atoms with E-state index in [4.69, 9.17) is 0 Å². The molecule has 1 aromatic rings. The molecule has 0 unspecified atom stereocenters. The number of rotatable bonds is 5. The zero-order chi connectivity index (χ0) is 13.6. The fourth-order valence-electron chi connectivity index (χ4n) is 2.67. The molecule has 0 amide bonds. The third-order valence-corrected chi connectivity index (χ3v) is 3.94. The highest BCUT2D eigenvalue weighted by Crippen LogP contribution is 2.22. The molecule has 1 aliphatic heterocycles. The third-order valence-electron chi connectivity index (χ3n) is 3.94. The highest BCUT2D eigenvalue weighted by Gasteiger charge is 2.33. The van der Waals surface area contributed by atoms with Crippen LogP contribution in [0.3, 0.4) is 0 Å². The Labute approximate surface area is 116 Å². The summed E-state index contributed by atoms with van der Waals surface area (Å²) >= 11 is 0. The Hall–Kier alpha value is -1.37. The van der Waals surface area contributed by atoms with Gasteiger partial charge in [0.05, 0.1) is 6.07 Å². The first kappa shape index (κ1) is 14.0. The van der Waals surface area contributed by atoms with Gasteiger partial charge in [0, 0.05) is 19.6 Å². The molecule has 0 aliphatic carbocycles. The van der Waals surface area contributed by atoms with E-state index in [1.54, 1.807) is 0 Å². The maximum atomic E-state index is 9.50. The highest BCUT2D eigenvalue weighted by atomic mass is 15.1. The first-order valence-electron chi connectivity index (χ1n) is 7.20. The molecule has 3 heteroatoms. The van der Waals surface area contributed by atoms with Crippen LogP contribution in [-0.4, -0.2) is 30.1 Å². The molecule has 102 valence electrons. The summed E-state index contributed by atoms with van der Waals surface area (Å²) in [5.74, 6) is 0. The van der Waals surface area contributed by atoms with Gasteiger partial charge in [0.25, 0.3) is 0 Å². The zero-order valence-electron chi connectivity index (χ0n) is 11.7. The number of piperidine rings is 1. The van der Waals surface area contributed by atoms with E-state index in [-0.39, 0.29) is 5.54 Å². The molecule has 0 atom stereocenters. The van der Waals surface area contributed by atoms with E-state index < -0.39 is 0 Å². The van der Waals surface area contributed by atoms with Crippen molar-refractivity contribution >= 4 is 0 Å². The Kier molecular flexibility index (Phi) is 4.95. The van der Waals surface area contributed by atoms with Crippen molar-refractivity contribution < 1.29 is 0 Å². The molecule has 1 aromatic carbocycles. The van der Waals surface area contributed by atoms with Gasteiger partial charge in [0.2, 0.25) is 0 Å². The first-order valence-corrected chi connectivity index (χ1v) is 7.20. The minimum Gasteiger partial charge on any atom is -0.303 e. The number of nitrogens with zero attached hydrogens (tertiary/aromatic N) is 2. The van der Waals surface area contributed by atoms with Crippen LogP contribution in [0.25, 0.3) is 0 Å². The summed E-state index contributed by atoms with van der Waals surface area (Å²) in [6.07, 6.45) is 3.05. The lowest BCUT2D eigenvalue weighted by Gasteiger charge is -2.37. The van der Waals surface area contributed by atoms with E-state index in [1.165, 1.54) is 12.0 Å². The molecule has 0 aromatic heterocycles. The summed E-state index contributed by atoms with van der Waals surface area (Å²) in [6, 6.07) is 12.8. The van der Waals surface area contributed by atoms with Crippen LogP contribution in [-0.2, 0) is 6.54 Å². The summed E-state index contributed by atoms with van der Waals surface area (Å²) in [4.78, 5) is 2.46. The molecule has 3 nitrogen and oxygen atoms in total. The summed E-state index contributed by atoms with van der Waals surface area (Å²) in [5.41, 5.74) is 0.910. The smallest absolute Gasteiger partial charge is 0.109 e. The number of nitrogens with one attached hydrogen (secondary N) is 1. The van der Waals surface area contributed by atoms with Gasteiger partial charge in [-0.05, 0) is 31.4 Å². The molecule has 19 heavy (non-hydrogen) atoms. The van der Waals surface area contributed by atoms with Gasteiger partial charge in [-0.15, -0.1) is 0 Å². The highest BCUT2D eigenvalue weighted by molar-refractivity contribution is 5.17. The maximum absolute atomic E-state index is 9.50. The van der Waals surface area contributed by atoms with E-state index >= 15 is 0 Å². The molecule has 1 saturated heterocycles. The van der Waals surface area contributed by atoms with Gasteiger partial charge < -0.3 is 4.90 Å². The molecule has 1 fully saturated rings. The lowest BCUT2D eigenvalue weighted by Crippen LogP contribution is -2.52. The molecule has 2 rings (SSSR count). The topological polar surface area (TPSA) is 39.1 Å². The standard InChI is InChI=1S/C16H23N3/c1-2-10-19-11-8-16(14-17,9-12-19)18-13-15-6-4-3-5-7-15/h3-7,18H,2,8-13H2,1H3. The van der Waals surface area contributed by atoms with Crippen molar-refractivity contribution in [2.75, 3.05) is 19.6 Å². The van der Waals surface area contributed by atoms with Crippen LogP contribution in [0.5, 0.6) is 0 Å². The van der Waals surface area contributed by atoms with Gasteiger partial charge in [0.1, 0.15) is 5.54 Å². The summed E-state index contributed by atoms with van der Waals surface area (Å²) < 4.78 is 0. The van der Waals surface area contributed by atoms with E-state index in [1.807, 2.05) is 18.2 Å². The van der Waals surface area contributed by atoms with Crippen LogP contribution < -0.4 is 5.32 Å². The zero-order valence-corrected chi connectivity index (χ0v) is 11.7. The van der Waals surface area contributed by atoms with Crippen LogP contribution in [0.1, 0.15) is 31.7 Å². The second-order valence-electron chi connectivity index (χ2n) is 5.37. The molecule has 0 saturated carbocycles. The van der Waals surface area contributed by atoms with E-state index in [9.17, 15) is 5.26 Å².